The van der Waals surface area contributed by atoms with Crippen molar-refractivity contribution in [2.45, 2.75) is 19.4 Å². The fourth-order valence-electron chi connectivity index (χ4n) is 2.78. The van der Waals surface area contributed by atoms with Crippen LogP contribution in [0.1, 0.15) is 13.3 Å². The molecular weight excluding hydrogens is 262 g/mol. The third-order valence-electron chi connectivity index (χ3n) is 4.00. The van der Waals surface area contributed by atoms with E-state index in [1.807, 2.05) is 19.3 Å². The van der Waals surface area contributed by atoms with Crippen LogP contribution in [-0.4, -0.2) is 41.1 Å². The van der Waals surface area contributed by atoms with E-state index in [-0.39, 0.29) is 0 Å². The Morgan fingerprint density at radius 3 is 3.11 bits per heavy atom. The summed E-state index contributed by atoms with van der Waals surface area (Å²) in [6.07, 6.45) is 3.03. The van der Waals surface area contributed by atoms with Crippen LogP contribution in [-0.2, 0) is 0 Å². The van der Waals surface area contributed by atoms with Gasteiger partial charge in [-0.25, -0.2) is 0 Å². The van der Waals surface area contributed by atoms with Crippen LogP contribution in [0.25, 0.3) is 11.0 Å². The molecule has 1 aliphatic heterocycles. The van der Waals surface area contributed by atoms with E-state index in [0.717, 1.165) is 36.4 Å². The Morgan fingerprint density at radius 1 is 1.47 bits per heavy atom. The number of piperidine rings is 1. The Bertz CT molecular complexity index is 581. The number of fused-ring (bicyclic) bond motifs is 1. The summed E-state index contributed by atoms with van der Waals surface area (Å²) >= 11 is 6.01. The zero-order valence-electron chi connectivity index (χ0n) is 11.2. The van der Waals surface area contributed by atoms with Crippen LogP contribution in [0.2, 0.25) is 5.28 Å². The number of H-pyrrole nitrogens is 1. The van der Waals surface area contributed by atoms with Crippen molar-refractivity contribution < 1.29 is 0 Å². The van der Waals surface area contributed by atoms with Gasteiger partial charge in [0.05, 0.1) is 5.39 Å². The van der Waals surface area contributed by atoms with Crippen molar-refractivity contribution in [2.75, 3.05) is 25.0 Å². The van der Waals surface area contributed by atoms with Crippen molar-refractivity contribution in [3.63, 3.8) is 0 Å². The van der Waals surface area contributed by atoms with Gasteiger partial charge in [-0.1, -0.05) is 6.92 Å². The second-order valence-electron chi connectivity index (χ2n) is 5.16. The first kappa shape index (κ1) is 12.7. The molecule has 19 heavy (non-hydrogen) atoms. The SMILES string of the molecule is CNC1CN(c2nc(Cl)nc3[nH]ccc23)CCC1C. The zero-order chi connectivity index (χ0) is 13.4. The summed E-state index contributed by atoms with van der Waals surface area (Å²) in [5, 5.41) is 4.72. The van der Waals surface area contributed by atoms with E-state index in [1.165, 1.54) is 0 Å². The lowest BCUT2D eigenvalue weighted by atomic mass is 9.93. The molecule has 1 fully saturated rings. The van der Waals surface area contributed by atoms with Gasteiger partial charge in [0.2, 0.25) is 5.28 Å². The van der Waals surface area contributed by atoms with E-state index >= 15 is 0 Å². The van der Waals surface area contributed by atoms with Crippen LogP contribution in [0.3, 0.4) is 0 Å². The van der Waals surface area contributed by atoms with E-state index in [2.05, 4.69) is 32.1 Å². The van der Waals surface area contributed by atoms with Crippen LogP contribution in [0.5, 0.6) is 0 Å². The van der Waals surface area contributed by atoms with Gasteiger partial charge >= 0.3 is 0 Å². The lowest BCUT2D eigenvalue weighted by Crippen LogP contribution is -2.49. The molecular formula is C13H18ClN5. The maximum absolute atomic E-state index is 6.01. The summed E-state index contributed by atoms with van der Waals surface area (Å²) in [5.41, 5.74) is 0.801. The smallest absolute Gasteiger partial charge is 0.226 e. The molecule has 102 valence electrons. The molecule has 2 aromatic rings. The minimum Gasteiger partial charge on any atom is -0.354 e. The molecule has 0 bridgehead atoms. The number of hydrogen-bond acceptors (Lipinski definition) is 4. The molecule has 2 N–H and O–H groups in total. The first-order valence-electron chi connectivity index (χ1n) is 6.62. The second kappa shape index (κ2) is 4.98. The van der Waals surface area contributed by atoms with Crippen LogP contribution in [0.4, 0.5) is 5.82 Å². The summed E-state index contributed by atoms with van der Waals surface area (Å²) in [7, 11) is 2.02. The van der Waals surface area contributed by atoms with E-state index in [9.17, 15) is 0 Å². The van der Waals surface area contributed by atoms with Crippen LogP contribution >= 0.6 is 11.6 Å². The van der Waals surface area contributed by atoms with Crippen LogP contribution in [0, 0.1) is 5.92 Å². The normalized spacial score (nSPS) is 24.1. The van der Waals surface area contributed by atoms with Gasteiger partial charge in [0.15, 0.2) is 0 Å². The number of aromatic amines is 1. The monoisotopic (exact) mass is 279 g/mol. The summed E-state index contributed by atoms with van der Waals surface area (Å²) < 4.78 is 0. The van der Waals surface area contributed by atoms with Crippen molar-refractivity contribution in [1.29, 1.82) is 0 Å². The lowest BCUT2D eigenvalue weighted by molar-refractivity contribution is 0.337. The zero-order valence-corrected chi connectivity index (χ0v) is 11.9. The van der Waals surface area contributed by atoms with E-state index in [1.54, 1.807) is 0 Å². The minimum absolute atomic E-state index is 0.296. The van der Waals surface area contributed by atoms with Gasteiger partial charge < -0.3 is 15.2 Å². The molecule has 0 spiro atoms. The Morgan fingerprint density at radius 2 is 2.32 bits per heavy atom. The van der Waals surface area contributed by atoms with Gasteiger partial charge in [-0.05, 0) is 37.1 Å². The van der Waals surface area contributed by atoms with Crippen molar-refractivity contribution in [1.82, 2.24) is 20.3 Å². The molecule has 3 heterocycles. The van der Waals surface area contributed by atoms with Crippen LogP contribution in [0.15, 0.2) is 12.3 Å². The Kier molecular flexibility index (Phi) is 3.33. The molecule has 2 atom stereocenters. The highest BCUT2D eigenvalue weighted by Gasteiger charge is 2.27. The largest absolute Gasteiger partial charge is 0.354 e. The minimum atomic E-state index is 0.296. The molecule has 0 saturated carbocycles. The van der Waals surface area contributed by atoms with Crippen molar-refractivity contribution in [2.24, 2.45) is 5.92 Å². The maximum atomic E-state index is 6.01. The van der Waals surface area contributed by atoms with Gasteiger partial charge in [0.1, 0.15) is 11.5 Å². The average Bonchev–Trinajstić information content (AvgIpc) is 2.86. The first-order chi connectivity index (χ1) is 9.19. The molecule has 0 radical (unpaired) electrons. The Hall–Kier alpha value is -1.33. The summed E-state index contributed by atoms with van der Waals surface area (Å²) in [5.74, 6) is 1.61. The molecule has 2 unspecified atom stereocenters. The molecule has 2 aromatic heterocycles. The fourth-order valence-corrected chi connectivity index (χ4v) is 2.94. The van der Waals surface area contributed by atoms with E-state index in [0.29, 0.717) is 17.2 Å². The van der Waals surface area contributed by atoms with Gasteiger partial charge in [0.25, 0.3) is 0 Å². The molecule has 0 aromatic carbocycles. The topological polar surface area (TPSA) is 56.8 Å². The molecule has 0 aliphatic carbocycles. The molecule has 1 aliphatic rings. The first-order valence-corrected chi connectivity index (χ1v) is 6.99. The van der Waals surface area contributed by atoms with E-state index < -0.39 is 0 Å². The van der Waals surface area contributed by atoms with Crippen molar-refractivity contribution >= 4 is 28.5 Å². The predicted molar refractivity (Wildman–Crippen MR) is 77.7 cm³/mol. The highest BCUT2D eigenvalue weighted by atomic mass is 35.5. The fraction of sp³-hybridized carbons (Fsp3) is 0.538. The highest BCUT2D eigenvalue weighted by molar-refractivity contribution is 6.28. The van der Waals surface area contributed by atoms with Crippen molar-refractivity contribution in [3.8, 4) is 0 Å². The standard InChI is InChI=1S/C13H18ClN5/c1-8-4-6-19(7-10(8)15-2)12-9-3-5-16-11(9)17-13(14)18-12/h3,5,8,10,15H,4,6-7H2,1-2H3,(H,16,17,18). The number of anilines is 1. The van der Waals surface area contributed by atoms with E-state index in [4.69, 9.17) is 11.6 Å². The predicted octanol–water partition coefficient (Wildman–Crippen LogP) is 2.05. The number of likely N-dealkylation sites (N-methyl/N-ethyl adjacent to an activating group) is 1. The summed E-state index contributed by atoms with van der Waals surface area (Å²) in [4.78, 5) is 14.0. The number of rotatable bonds is 2. The van der Waals surface area contributed by atoms with Gasteiger partial charge in [-0.2, -0.15) is 9.97 Å². The lowest BCUT2D eigenvalue weighted by Gasteiger charge is -2.37. The highest BCUT2D eigenvalue weighted by Crippen LogP contribution is 2.28. The Balaban J connectivity index is 1.97. The quantitative estimate of drug-likeness (QED) is 0.826. The molecule has 1 saturated heterocycles. The van der Waals surface area contributed by atoms with Gasteiger partial charge in [0, 0.05) is 25.3 Å². The number of nitrogens with one attached hydrogen (secondary N) is 2. The summed E-state index contributed by atoms with van der Waals surface area (Å²) in [6, 6.07) is 2.49. The molecule has 3 rings (SSSR count). The number of hydrogen-bond donors (Lipinski definition) is 2. The second-order valence-corrected chi connectivity index (χ2v) is 5.50. The van der Waals surface area contributed by atoms with Gasteiger partial charge in [-0.3, -0.25) is 0 Å². The number of nitrogens with zero attached hydrogens (tertiary/aromatic N) is 3. The van der Waals surface area contributed by atoms with Gasteiger partial charge in [-0.15, -0.1) is 0 Å². The third kappa shape index (κ3) is 2.28. The number of halogens is 1. The molecule has 6 heteroatoms. The third-order valence-corrected chi connectivity index (χ3v) is 4.17. The molecule has 5 nitrogen and oxygen atoms in total. The van der Waals surface area contributed by atoms with Crippen molar-refractivity contribution in [3.05, 3.63) is 17.5 Å². The average molecular weight is 280 g/mol. The maximum Gasteiger partial charge on any atom is 0.226 e. The van der Waals surface area contributed by atoms with Crippen LogP contribution < -0.4 is 10.2 Å². The molecule has 0 amide bonds. The Labute approximate surface area is 117 Å². The summed E-state index contributed by atoms with van der Waals surface area (Å²) in [6.45, 7) is 4.25. The number of aromatic nitrogens is 3.